The molecule has 3 nitrogen and oxygen atoms in total. The molecule has 5 heteroatoms. The minimum atomic E-state index is -0.388. The van der Waals surface area contributed by atoms with E-state index in [1.807, 2.05) is 66.7 Å². The number of carbonyl (C=O) groups is 1. The number of thioether (sulfide) groups is 1. The average molecular weight is 425 g/mol. The van der Waals surface area contributed by atoms with Crippen molar-refractivity contribution in [3.8, 4) is 28.5 Å². The van der Waals surface area contributed by atoms with Gasteiger partial charge >= 0.3 is 0 Å². The van der Waals surface area contributed by atoms with Gasteiger partial charge in [0.2, 0.25) is 0 Å². The molecule has 0 saturated carbocycles. The molecule has 31 heavy (non-hydrogen) atoms. The molecule has 0 bridgehead atoms. The normalized spacial score (nSPS) is 10.5. The highest BCUT2D eigenvalue weighted by Gasteiger charge is 2.17. The molecule has 0 fully saturated rings. The molecule has 0 saturated heterocycles. The van der Waals surface area contributed by atoms with Crippen molar-refractivity contribution in [3.63, 3.8) is 0 Å². The van der Waals surface area contributed by atoms with Crippen LogP contribution in [0.15, 0.2) is 96.0 Å². The lowest BCUT2D eigenvalue weighted by atomic mass is 9.99. The third-order valence-electron chi connectivity index (χ3n) is 4.76. The van der Waals surface area contributed by atoms with Crippen molar-refractivity contribution in [1.29, 1.82) is 5.26 Å². The van der Waals surface area contributed by atoms with Gasteiger partial charge in [0.05, 0.1) is 17.0 Å². The number of pyridine rings is 1. The number of nitrogens with zero attached hydrogens (tertiary/aromatic N) is 2. The van der Waals surface area contributed by atoms with Crippen LogP contribution in [0.5, 0.6) is 0 Å². The summed E-state index contributed by atoms with van der Waals surface area (Å²) in [7, 11) is 0. The fourth-order valence-corrected chi connectivity index (χ4v) is 4.09. The van der Waals surface area contributed by atoms with Gasteiger partial charge in [-0.2, -0.15) is 5.26 Å². The van der Waals surface area contributed by atoms with Crippen LogP contribution in [-0.4, -0.2) is 16.5 Å². The summed E-state index contributed by atoms with van der Waals surface area (Å²) in [5.41, 5.74) is 4.20. The SMILES string of the molecule is N#Cc1c(-c2ccccc2)cc(-c2ccccc2)nc1SCC(=O)c1ccc(F)cc1. The Morgan fingerprint density at radius 1 is 0.903 bits per heavy atom. The number of benzene rings is 3. The molecule has 0 spiro atoms. The molecule has 0 amide bonds. The lowest BCUT2D eigenvalue weighted by Crippen LogP contribution is -2.04. The first-order valence-corrected chi connectivity index (χ1v) is 10.6. The third-order valence-corrected chi connectivity index (χ3v) is 5.73. The minimum absolute atomic E-state index is 0.0970. The van der Waals surface area contributed by atoms with Crippen molar-refractivity contribution in [1.82, 2.24) is 4.98 Å². The Morgan fingerprint density at radius 3 is 2.13 bits per heavy atom. The van der Waals surface area contributed by atoms with Crippen molar-refractivity contribution < 1.29 is 9.18 Å². The van der Waals surface area contributed by atoms with Crippen molar-refractivity contribution in [2.24, 2.45) is 0 Å². The monoisotopic (exact) mass is 424 g/mol. The van der Waals surface area contributed by atoms with Gasteiger partial charge in [-0.25, -0.2) is 9.37 Å². The molecule has 0 aliphatic rings. The Labute approximate surface area is 184 Å². The number of Topliss-reactive ketones (excluding diaryl/α,β-unsaturated/α-hetero) is 1. The van der Waals surface area contributed by atoms with Crippen molar-refractivity contribution in [2.75, 3.05) is 5.75 Å². The van der Waals surface area contributed by atoms with E-state index in [-0.39, 0.29) is 17.4 Å². The van der Waals surface area contributed by atoms with E-state index in [0.29, 0.717) is 16.2 Å². The molecule has 0 aliphatic carbocycles. The highest BCUT2D eigenvalue weighted by molar-refractivity contribution is 8.00. The van der Waals surface area contributed by atoms with Gasteiger partial charge in [-0.15, -0.1) is 0 Å². The summed E-state index contributed by atoms with van der Waals surface area (Å²) in [4.78, 5) is 17.3. The Hall–Kier alpha value is -3.75. The van der Waals surface area contributed by atoms with E-state index >= 15 is 0 Å². The zero-order valence-corrected chi connectivity index (χ0v) is 17.3. The van der Waals surface area contributed by atoms with Gasteiger partial charge in [-0.3, -0.25) is 4.79 Å². The summed E-state index contributed by atoms with van der Waals surface area (Å²) < 4.78 is 13.1. The van der Waals surface area contributed by atoms with Crippen molar-refractivity contribution in [2.45, 2.75) is 5.03 Å². The standard InChI is InChI=1S/C26H17FN2OS/c27-21-13-11-20(12-14-21)25(30)17-31-26-23(16-28)22(18-7-3-1-4-8-18)15-24(29-26)19-9-5-2-6-10-19/h1-15H,17H2. The van der Waals surface area contributed by atoms with Crippen LogP contribution in [0.3, 0.4) is 0 Å². The van der Waals surface area contributed by atoms with E-state index in [1.165, 1.54) is 36.0 Å². The molecule has 0 atom stereocenters. The largest absolute Gasteiger partial charge is 0.293 e. The van der Waals surface area contributed by atoms with Gasteiger partial charge < -0.3 is 0 Å². The number of hydrogen-bond acceptors (Lipinski definition) is 4. The molecule has 4 rings (SSSR count). The number of hydrogen-bond donors (Lipinski definition) is 0. The summed E-state index contributed by atoms with van der Waals surface area (Å²) in [5, 5.41) is 10.4. The van der Waals surface area contributed by atoms with Gasteiger partial charge in [0.1, 0.15) is 16.9 Å². The maximum Gasteiger partial charge on any atom is 0.173 e. The molecule has 4 aromatic rings. The molecule has 0 aliphatic heterocycles. The number of aromatic nitrogens is 1. The second kappa shape index (κ2) is 9.38. The van der Waals surface area contributed by atoms with E-state index in [9.17, 15) is 14.4 Å². The van der Waals surface area contributed by atoms with E-state index in [1.54, 1.807) is 0 Å². The van der Waals surface area contributed by atoms with Crippen LogP contribution in [0.2, 0.25) is 0 Å². The molecule has 0 radical (unpaired) electrons. The molecule has 3 aromatic carbocycles. The minimum Gasteiger partial charge on any atom is -0.293 e. The van der Waals surface area contributed by atoms with E-state index < -0.39 is 0 Å². The van der Waals surface area contributed by atoms with E-state index in [4.69, 9.17) is 4.98 Å². The number of ketones is 1. The lowest BCUT2D eigenvalue weighted by Gasteiger charge is -2.12. The van der Waals surface area contributed by atoms with Gasteiger partial charge in [-0.05, 0) is 35.9 Å². The Morgan fingerprint density at radius 2 is 1.52 bits per heavy atom. The molecule has 0 unspecified atom stereocenters. The first kappa shape index (κ1) is 20.5. The molecule has 1 heterocycles. The fraction of sp³-hybridized carbons (Fsp3) is 0.0385. The van der Waals surface area contributed by atoms with Crippen LogP contribution in [0, 0.1) is 17.1 Å². The molecule has 0 N–H and O–H groups in total. The van der Waals surface area contributed by atoms with Gasteiger partial charge in [0, 0.05) is 16.7 Å². The van der Waals surface area contributed by atoms with E-state index in [0.717, 1.165) is 22.4 Å². The van der Waals surface area contributed by atoms with Crippen LogP contribution in [0.1, 0.15) is 15.9 Å². The van der Waals surface area contributed by atoms with Crippen LogP contribution >= 0.6 is 11.8 Å². The summed E-state index contributed by atoms with van der Waals surface area (Å²) >= 11 is 1.22. The highest BCUT2D eigenvalue weighted by atomic mass is 32.2. The van der Waals surface area contributed by atoms with Crippen LogP contribution < -0.4 is 0 Å². The van der Waals surface area contributed by atoms with Crippen LogP contribution in [0.4, 0.5) is 4.39 Å². The number of nitriles is 1. The summed E-state index contributed by atoms with van der Waals surface area (Å²) in [6.07, 6.45) is 0. The molecule has 1 aromatic heterocycles. The summed E-state index contributed by atoms with van der Waals surface area (Å²) in [6.45, 7) is 0. The number of halogens is 1. The third kappa shape index (κ3) is 4.71. The second-order valence-electron chi connectivity index (χ2n) is 6.80. The summed E-state index contributed by atoms with van der Waals surface area (Å²) in [5.74, 6) is -0.442. The first-order chi connectivity index (χ1) is 15.2. The van der Waals surface area contributed by atoms with Crippen molar-refractivity contribution >= 4 is 17.5 Å². The van der Waals surface area contributed by atoms with Crippen LogP contribution in [-0.2, 0) is 0 Å². The van der Waals surface area contributed by atoms with Gasteiger partial charge in [0.25, 0.3) is 0 Å². The lowest BCUT2D eigenvalue weighted by molar-refractivity contribution is 0.102. The second-order valence-corrected chi connectivity index (χ2v) is 7.76. The maximum atomic E-state index is 13.1. The van der Waals surface area contributed by atoms with E-state index in [2.05, 4.69) is 6.07 Å². The average Bonchev–Trinajstić information content (AvgIpc) is 2.83. The van der Waals surface area contributed by atoms with Gasteiger partial charge in [0.15, 0.2) is 5.78 Å². The Kier molecular flexibility index (Phi) is 6.21. The van der Waals surface area contributed by atoms with Gasteiger partial charge in [-0.1, -0.05) is 72.4 Å². The number of carbonyl (C=O) groups excluding carboxylic acids is 1. The zero-order valence-electron chi connectivity index (χ0n) is 16.5. The molecular weight excluding hydrogens is 407 g/mol. The zero-order chi connectivity index (χ0) is 21.6. The Balaban J connectivity index is 1.74. The van der Waals surface area contributed by atoms with Crippen LogP contribution in [0.25, 0.3) is 22.4 Å². The van der Waals surface area contributed by atoms with Crippen molar-refractivity contribution in [3.05, 3.63) is 108 Å². The topological polar surface area (TPSA) is 53.8 Å². The predicted octanol–water partition coefficient (Wildman–Crippen LogP) is 6.40. The summed E-state index contributed by atoms with van der Waals surface area (Å²) in [6, 6.07) is 29.0. The molecular formula is C26H17FN2OS. The Bertz CT molecular complexity index is 1250. The quantitative estimate of drug-likeness (QED) is 0.265. The smallest absolute Gasteiger partial charge is 0.173 e. The maximum absolute atomic E-state index is 13.1. The highest BCUT2D eigenvalue weighted by Crippen LogP contribution is 2.34. The molecule has 150 valence electrons. The number of rotatable bonds is 6. The first-order valence-electron chi connectivity index (χ1n) is 9.63. The fourth-order valence-electron chi connectivity index (χ4n) is 3.19. The predicted molar refractivity (Wildman–Crippen MR) is 121 cm³/mol.